The van der Waals surface area contributed by atoms with Gasteiger partial charge in [-0.05, 0) is 61.2 Å². The number of aryl methyl sites for hydroxylation is 1. The number of nitrogens with zero attached hydrogens (tertiary/aromatic N) is 4. The summed E-state index contributed by atoms with van der Waals surface area (Å²) in [7, 11) is 1.82. The summed E-state index contributed by atoms with van der Waals surface area (Å²) in [6.45, 7) is 2.00. The standard InChI is InChI=1S/C25H28N6O3S/c1-30-17-27-29-25(30)35-16-22(32)28-21-11-9-19(10-12-21)23(33)26-15-18-5-7-20(8-6-18)24(34)31-13-3-2-4-14-31/h5-12,17H,2-4,13-16H2,1H3,(H,26,33)(H,28,32). The molecule has 1 aromatic heterocycles. The Balaban J connectivity index is 1.23. The van der Waals surface area contributed by atoms with E-state index in [0.717, 1.165) is 31.5 Å². The van der Waals surface area contributed by atoms with Crippen molar-refractivity contribution in [2.24, 2.45) is 7.05 Å². The van der Waals surface area contributed by atoms with Crippen LogP contribution in [0.25, 0.3) is 0 Å². The van der Waals surface area contributed by atoms with Gasteiger partial charge in [-0.1, -0.05) is 23.9 Å². The van der Waals surface area contributed by atoms with Crippen molar-refractivity contribution in [3.8, 4) is 0 Å². The minimum absolute atomic E-state index is 0.0692. The molecule has 0 spiro atoms. The number of likely N-dealkylation sites (tertiary alicyclic amines) is 1. The molecule has 2 N–H and O–H groups in total. The van der Waals surface area contributed by atoms with Gasteiger partial charge in [-0.25, -0.2) is 0 Å². The van der Waals surface area contributed by atoms with Gasteiger partial charge in [-0.3, -0.25) is 14.4 Å². The average Bonchev–Trinajstić information content (AvgIpc) is 3.31. The number of carbonyl (C=O) groups is 3. The van der Waals surface area contributed by atoms with E-state index in [2.05, 4.69) is 20.8 Å². The first-order valence-electron chi connectivity index (χ1n) is 11.5. The number of nitrogens with one attached hydrogen (secondary N) is 2. The van der Waals surface area contributed by atoms with Crippen molar-refractivity contribution < 1.29 is 14.4 Å². The van der Waals surface area contributed by atoms with Gasteiger partial charge in [0.15, 0.2) is 5.16 Å². The monoisotopic (exact) mass is 492 g/mol. The lowest BCUT2D eigenvalue weighted by molar-refractivity contribution is -0.113. The highest BCUT2D eigenvalue weighted by Crippen LogP contribution is 2.16. The fraction of sp³-hybridized carbons (Fsp3) is 0.320. The lowest BCUT2D eigenvalue weighted by atomic mass is 10.1. The molecule has 0 radical (unpaired) electrons. The predicted molar refractivity (Wildman–Crippen MR) is 134 cm³/mol. The maximum atomic E-state index is 12.6. The van der Waals surface area contributed by atoms with Gasteiger partial charge in [0.25, 0.3) is 11.8 Å². The first-order chi connectivity index (χ1) is 17.0. The molecule has 3 aromatic rings. The molecule has 35 heavy (non-hydrogen) atoms. The largest absolute Gasteiger partial charge is 0.348 e. The molecule has 0 bridgehead atoms. The molecule has 1 aliphatic heterocycles. The van der Waals surface area contributed by atoms with E-state index >= 15 is 0 Å². The fourth-order valence-corrected chi connectivity index (χ4v) is 4.45. The van der Waals surface area contributed by atoms with Gasteiger partial charge in [0, 0.05) is 43.5 Å². The highest BCUT2D eigenvalue weighted by atomic mass is 32.2. The van der Waals surface area contributed by atoms with Crippen LogP contribution < -0.4 is 10.6 Å². The van der Waals surface area contributed by atoms with Crippen LogP contribution in [-0.4, -0.2) is 56.2 Å². The maximum absolute atomic E-state index is 12.6. The minimum atomic E-state index is -0.214. The molecular weight excluding hydrogens is 464 g/mol. The number of benzene rings is 2. The SMILES string of the molecule is Cn1cnnc1SCC(=O)Nc1ccc(C(=O)NCc2ccc(C(=O)N3CCCCC3)cc2)cc1. The van der Waals surface area contributed by atoms with Crippen molar-refractivity contribution in [3.05, 3.63) is 71.5 Å². The first kappa shape index (κ1) is 24.5. The second-order valence-corrected chi connectivity index (χ2v) is 9.31. The van der Waals surface area contributed by atoms with Crippen molar-refractivity contribution >= 4 is 35.2 Å². The van der Waals surface area contributed by atoms with Crippen LogP contribution in [0.4, 0.5) is 5.69 Å². The molecule has 2 heterocycles. The van der Waals surface area contributed by atoms with Crippen molar-refractivity contribution in [2.45, 2.75) is 31.0 Å². The van der Waals surface area contributed by atoms with Crippen molar-refractivity contribution in [3.63, 3.8) is 0 Å². The van der Waals surface area contributed by atoms with E-state index in [1.807, 2.05) is 36.2 Å². The summed E-state index contributed by atoms with van der Waals surface area (Å²) in [6, 6.07) is 14.1. The molecule has 1 fully saturated rings. The number of piperidine rings is 1. The summed E-state index contributed by atoms with van der Waals surface area (Å²) in [4.78, 5) is 39.2. The van der Waals surface area contributed by atoms with Gasteiger partial charge in [0.05, 0.1) is 5.75 Å². The maximum Gasteiger partial charge on any atom is 0.253 e. The van der Waals surface area contributed by atoms with E-state index < -0.39 is 0 Å². The molecule has 4 rings (SSSR count). The van der Waals surface area contributed by atoms with Crippen LogP contribution in [0.15, 0.2) is 60.0 Å². The van der Waals surface area contributed by atoms with Crippen LogP contribution in [-0.2, 0) is 18.4 Å². The Morgan fingerprint density at radius 3 is 2.29 bits per heavy atom. The number of amides is 3. The van der Waals surface area contributed by atoms with Crippen LogP contribution in [0.2, 0.25) is 0 Å². The molecule has 182 valence electrons. The van der Waals surface area contributed by atoms with Gasteiger partial charge in [0.1, 0.15) is 6.33 Å². The van der Waals surface area contributed by atoms with Crippen LogP contribution >= 0.6 is 11.8 Å². The Bertz CT molecular complexity index is 1170. The molecule has 1 saturated heterocycles. The molecular formula is C25H28N6O3S. The third-order valence-electron chi connectivity index (χ3n) is 5.73. The van der Waals surface area contributed by atoms with Crippen LogP contribution in [0.3, 0.4) is 0 Å². The zero-order valence-corrected chi connectivity index (χ0v) is 20.4. The summed E-state index contributed by atoms with van der Waals surface area (Å²) in [5.74, 6) is -0.108. The lowest BCUT2D eigenvalue weighted by Crippen LogP contribution is -2.35. The highest BCUT2D eigenvalue weighted by Gasteiger charge is 2.18. The molecule has 9 nitrogen and oxygen atoms in total. The number of rotatable bonds is 8. The second-order valence-electron chi connectivity index (χ2n) is 8.37. The van der Waals surface area contributed by atoms with E-state index in [9.17, 15) is 14.4 Å². The summed E-state index contributed by atoms with van der Waals surface area (Å²) in [6.07, 6.45) is 4.89. The van der Waals surface area contributed by atoms with Crippen LogP contribution in [0.5, 0.6) is 0 Å². The number of aromatic nitrogens is 3. The van der Waals surface area contributed by atoms with E-state index in [0.29, 0.717) is 28.5 Å². The smallest absolute Gasteiger partial charge is 0.253 e. The zero-order chi connectivity index (χ0) is 24.6. The first-order valence-corrected chi connectivity index (χ1v) is 12.5. The molecule has 1 aliphatic rings. The van der Waals surface area contributed by atoms with Gasteiger partial charge in [-0.2, -0.15) is 0 Å². The van der Waals surface area contributed by atoms with E-state index in [-0.39, 0.29) is 23.5 Å². The van der Waals surface area contributed by atoms with Gasteiger partial charge < -0.3 is 20.1 Å². The van der Waals surface area contributed by atoms with E-state index in [1.165, 1.54) is 18.2 Å². The van der Waals surface area contributed by atoms with Crippen LogP contribution in [0, 0.1) is 0 Å². The number of hydrogen-bond acceptors (Lipinski definition) is 6. The number of thioether (sulfide) groups is 1. The predicted octanol–water partition coefficient (Wildman–Crippen LogP) is 3.10. The van der Waals surface area contributed by atoms with Gasteiger partial charge in [0.2, 0.25) is 5.91 Å². The summed E-state index contributed by atoms with van der Waals surface area (Å²) < 4.78 is 1.74. The average molecular weight is 493 g/mol. The second kappa shape index (κ2) is 11.7. The minimum Gasteiger partial charge on any atom is -0.348 e. The third kappa shape index (κ3) is 6.69. The van der Waals surface area contributed by atoms with E-state index in [1.54, 1.807) is 35.2 Å². The highest BCUT2D eigenvalue weighted by molar-refractivity contribution is 7.99. The molecule has 3 amide bonds. The Morgan fingerprint density at radius 1 is 0.943 bits per heavy atom. The normalized spacial score (nSPS) is 13.3. The number of carbonyl (C=O) groups excluding carboxylic acids is 3. The van der Waals surface area contributed by atoms with Crippen molar-refractivity contribution in [1.29, 1.82) is 0 Å². The summed E-state index contributed by atoms with van der Waals surface area (Å²) in [5, 5.41) is 14.1. The third-order valence-corrected chi connectivity index (χ3v) is 6.76. The molecule has 0 unspecified atom stereocenters. The van der Waals surface area contributed by atoms with Crippen molar-refractivity contribution in [1.82, 2.24) is 25.0 Å². The molecule has 2 aromatic carbocycles. The zero-order valence-electron chi connectivity index (χ0n) is 19.6. The molecule has 0 atom stereocenters. The Hall–Kier alpha value is -3.66. The Morgan fingerprint density at radius 2 is 1.63 bits per heavy atom. The van der Waals surface area contributed by atoms with Crippen molar-refractivity contribution in [2.75, 3.05) is 24.2 Å². The topological polar surface area (TPSA) is 109 Å². The quantitative estimate of drug-likeness (QED) is 0.468. The molecule has 10 heteroatoms. The fourth-order valence-electron chi connectivity index (χ4n) is 3.76. The van der Waals surface area contributed by atoms with Gasteiger partial charge >= 0.3 is 0 Å². The number of hydrogen-bond donors (Lipinski definition) is 2. The Kier molecular flexibility index (Phi) is 8.15. The molecule has 0 aliphatic carbocycles. The van der Waals surface area contributed by atoms with Gasteiger partial charge in [-0.15, -0.1) is 10.2 Å². The molecule has 0 saturated carbocycles. The summed E-state index contributed by atoms with van der Waals surface area (Å²) in [5.41, 5.74) is 2.69. The lowest BCUT2D eigenvalue weighted by Gasteiger charge is -2.26. The van der Waals surface area contributed by atoms with Crippen LogP contribution in [0.1, 0.15) is 45.5 Å². The summed E-state index contributed by atoms with van der Waals surface area (Å²) >= 11 is 1.30. The Labute approximate surface area is 208 Å². The number of anilines is 1. The van der Waals surface area contributed by atoms with E-state index in [4.69, 9.17) is 0 Å².